The first-order chi connectivity index (χ1) is 8.61. The minimum absolute atomic E-state index is 0.115. The first-order valence-corrected chi connectivity index (χ1v) is 7.44. The third-order valence-electron chi connectivity index (χ3n) is 2.33. The molecule has 0 aliphatic heterocycles. The Morgan fingerprint density at radius 3 is 2.89 bits per heavy atom. The van der Waals surface area contributed by atoms with Crippen molar-refractivity contribution < 1.29 is 0 Å². The summed E-state index contributed by atoms with van der Waals surface area (Å²) in [5, 5.41) is 13.2. The SMILES string of the molecule is Cc1ccccc1-n1nc(S[C@H](C)C#N)sc1=S. The second-order valence-electron chi connectivity index (χ2n) is 3.72. The molecular formula is C12H11N3S3. The maximum absolute atomic E-state index is 8.81. The molecule has 0 saturated heterocycles. The molecule has 6 heteroatoms. The average Bonchev–Trinajstić information content (AvgIpc) is 2.70. The standard InChI is InChI=1S/C12H11N3S3/c1-8-5-3-4-6-10(8)15-12(16)18-11(14-15)17-9(2)7-13/h3-6,9H,1-2H3/t9-/m1/s1. The van der Waals surface area contributed by atoms with Gasteiger partial charge in [0.2, 0.25) is 0 Å². The lowest BCUT2D eigenvalue weighted by Gasteiger charge is -2.04. The molecule has 1 aromatic heterocycles. The van der Waals surface area contributed by atoms with Crippen LogP contribution in [0.2, 0.25) is 0 Å². The van der Waals surface area contributed by atoms with Gasteiger partial charge < -0.3 is 0 Å². The summed E-state index contributed by atoms with van der Waals surface area (Å²) in [5.41, 5.74) is 2.12. The zero-order valence-electron chi connectivity index (χ0n) is 9.95. The number of aryl methyl sites for hydroxylation is 1. The van der Waals surface area contributed by atoms with Gasteiger partial charge in [-0.2, -0.15) is 5.26 Å². The molecule has 0 saturated carbocycles. The van der Waals surface area contributed by atoms with Crippen molar-refractivity contribution in [1.29, 1.82) is 5.26 Å². The zero-order valence-corrected chi connectivity index (χ0v) is 12.4. The summed E-state index contributed by atoms with van der Waals surface area (Å²) in [7, 11) is 0. The highest BCUT2D eigenvalue weighted by Crippen LogP contribution is 2.27. The molecule has 92 valence electrons. The molecule has 1 heterocycles. The monoisotopic (exact) mass is 293 g/mol. The van der Waals surface area contributed by atoms with Crippen LogP contribution in [0.1, 0.15) is 12.5 Å². The van der Waals surface area contributed by atoms with Gasteiger partial charge in [0.1, 0.15) is 0 Å². The van der Waals surface area contributed by atoms with Crippen LogP contribution in [0.3, 0.4) is 0 Å². The third kappa shape index (κ3) is 2.80. The van der Waals surface area contributed by atoms with Gasteiger partial charge in [0.15, 0.2) is 8.29 Å². The second kappa shape index (κ2) is 5.65. The molecular weight excluding hydrogens is 282 g/mol. The van der Waals surface area contributed by atoms with E-state index >= 15 is 0 Å². The highest BCUT2D eigenvalue weighted by atomic mass is 32.2. The van der Waals surface area contributed by atoms with Crippen molar-refractivity contribution in [1.82, 2.24) is 9.78 Å². The zero-order chi connectivity index (χ0) is 13.1. The number of nitrogens with zero attached hydrogens (tertiary/aromatic N) is 3. The molecule has 3 nitrogen and oxygen atoms in total. The van der Waals surface area contributed by atoms with Gasteiger partial charge in [0.25, 0.3) is 0 Å². The lowest BCUT2D eigenvalue weighted by molar-refractivity contribution is 0.823. The lowest BCUT2D eigenvalue weighted by Crippen LogP contribution is -1.99. The molecule has 1 aromatic carbocycles. The van der Waals surface area contributed by atoms with Crippen molar-refractivity contribution in [3.05, 3.63) is 33.8 Å². The Morgan fingerprint density at radius 2 is 2.22 bits per heavy atom. The fraction of sp³-hybridized carbons (Fsp3) is 0.250. The maximum atomic E-state index is 8.81. The van der Waals surface area contributed by atoms with E-state index in [1.54, 1.807) is 4.68 Å². The Balaban J connectivity index is 2.40. The quantitative estimate of drug-likeness (QED) is 0.634. The van der Waals surface area contributed by atoms with E-state index in [-0.39, 0.29) is 5.25 Å². The van der Waals surface area contributed by atoms with Gasteiger partial charge in [-0.1, -0.05) is 41.3 Å². The first-order valence-electron chi connectivity index (χ1n) is 5.34. The van der Waals surface area contributed by atoms with Crippen LogP contribution in [0.4, 0.5) is 0 Å². The summed E-state index contributed by atoms with van der Waals surface area (Å²) in [6, 6.07) is 10.2. The fourth-order valence-corrected chi connectivity index (χ4v) is 3.82. The van der Waals surface area contributed by atoms with Crippen LogP contribution in [0.15, 0.2) is 28.6 Å². The van der Waals surface area contributed by atoms with Crippen LogP contribution in [0.5, 0.6) is 0 Å². The highest BCUT2D eigenvalue weighted by Gasteiger charge is 2.10. The van der Waals surface area contributed by atoms with Gasteiger partial charge >= 0.3 is 0 Å². The molecule has 0 radical (unpaired) electrons. The van der Waals surface area contributed by atoms with Crippen LogP contribution < -0.4 is 0 Å². The number of para-hydroxylation sites is 1. The van der Waals surface area contributed by atoms with E-state index in [4.69, 9.17) is 17.5 Å². The Labute approximate surface area is 119 Å². The van der Waals surface area contributed by atoms with Crippen molar-refractivity contribution >= 4 is 35.3 Å². The van der Waals surface area contributed by atoms with Crippen molar-refractivity contribution in [3.63, 3.8) is 0 Å². The fourth-order valence-electron chi connectivity index (χ4n) is 1.44. The number of thioether (sulfide) groups is 1. The number of nitriles is 1. The normalized spacial score (nSPS) is 12.1. The number of rotatable bonds is 3. The predicted octanol–water partition coefficient (Wildman–Crippen LogP) is 3.98. The van der Waals surface area contributed by atoms with Gasteiger partial charge in [-0.15, -0.1) is 5.10 Å². The van der Waals surface area contributed by atoms with Crippen LogP contribution in [-0.4, -0.2) is 15.0 Å². The molecule has 0 spiro atoms. The van der Waals surface area contributed by atoms with Crippen molar-refractivity contribution in [2.24, 2.45) is 0 Å². The number of benzene rings is 1. The van der Waals surface area contributed by atoms with Crippen molar-refractivity contribution in [2.75, 3.05) is 0 Å². The summed E-state index contributed by atoms with van der Waals surface area (Å²) in [5.74, 6) is 0. The van der Waals surface area contributed by atoms with Crippen LogP contribution in [0, 0.1) is 22.2 Å². The summed E-state index contributed by atoms with van der Waals surface area (Å²) >= 11 is 8.20. The van der Waals surface area contributed by atoms with Gasteiger partial charge in [-0.3, -0.25) is 0 Å². The number of aromatic nitrogens is 2. The lowest BCUT2D eigenvalue weighted by atomic mass is 10.2. The Hall–Kier alpha value is -1.16. The molecule has 0 fully saturated rings. The highest BCUT2D eigenvalue weighted by molar-refractivity contribution is 8.01. The Kier molecular flexibility index (Phi) is 4.17. The molecule has 2 rings (SSSR count). The smallest absolute Gasteiger partial charge is 0.184 e. The van der Waals surface area contributed by atoms with E-state index in [9.17, 15) is 0 Å². The molecule has 0 aliphatic rings. The second-order valence-corrected chi connectivity index (χ2v) is 6.93. The van der Waals surface area contributed by atoms with Crippen LogP contribution in [-0.2, 0) is 0 Å². The van der Waals surface area contributed by atoms with E-state index in [2.05, 4.69) is 11.2 Å². The molecule has 0 bridgehead atoms. The molecule has 0 N–H and O–H groups in total. The summed E-state index contributed by atoms with van der Waals surface area (Å²) < 4.78 is 3.30. The van der Waals surface area contributed by atoms with Crippen LogP contribution in [0.25, 0.3) is 5.69 Å². The molecule has 0 unspecified atom stereocenters. The van der Waals surface area contributed by atoms with E-state index in [0.29, 0.717) is 3.95 Å². The minimum atomic E-state index is -0.115. The van der Waals surface area contributed by atoms with E-state index in [0.717, 1.165) is 15.6 Å². The van der Waals surface area contributed by atoms with Gasteiger partial charge in [-0.05, 0) is 37.7 Å². The van der Waals surface area contributed by atoms with E-state index < -0.39 is 0 Å². The summed E-state index contributed by atoms with van der Waals surface area (Å²) in [6.07, 6.45) is 0. The first kappa shape index (κ1) is 13.3. The predicted molar refractivity (Wildman–Crippen MR) is 77.9 cm³/mol. The van der Waals surface area contributed by atoms with Crippen molar-refractivity contribution in [3.8, 4) is 11.8 Å². The minimum Gasteiger partial charge on any atom is -0.211 e. The Bertz CT molecular complexity index is 651. The Morgan fingerprint density at radius 1 is 1.50 bits per heavy atom. The van der Waals surface area contributed by atoms with Crippen LogP contribution >= 0.6 is 35.3 Å². The molecule has 18 heavy (non-hydrogen) atoms. The third-order valence-corrected chi connectivity index (χ3v) is 4.64. The maximum Gasteiger partial charge on any atom is 0.184 e. The largest absolute Gasteiger partial charge is 0.211 e. The molecule has 0 amide bonds. The van der Waals surface area contributed by atoms with E-state index in [1.165, 1.54) is 23.1 Å². The molecule has 2 aromatic rings. The summed E-state index contributed by atoms with van der Waals surface area (Å²) in [4.78, 5) is 0. The average molecular weight is 293 g/mol. The summed E-state index contributed by atoms with van der Waals surface area (Å²) in [6.45, 7) is 3.88. The van der Waals surface area contributed by atoms with Gasteiger partial charge in [0.05, 0.1) is 17.0 Å². The number of hydrogen-bond acceptors (Lipinski definition) is 5. The van der Waals surface area contributed by atoms with E-state index in [1.807, 2.05) is 38.1 Å². The van der Waals surface area contributed by atoms with Crippen molar-refractivity contribution in [2.45, 2.75) is 23.4 Å². The van der Waals surface area contributed by atoms with Gasteiger partial charge in [0, 0.05) is 0 Å². The number of hydrogen-bond donors (Lipinski definition) is 0. The molecule has 1 atom stereocenters. The van der Waals surface area contributed by atoms with Gasteiger partial charge in [-0.25, -0.2) is 4.68 Å². The molecule has 0 aliphatic carbocycles. The topological polar surface area (TPSA) is 41.6 Å².